The van der Waals surface area contributed by atoms with E-state index in [-0.39, 0.29) is 0 Å². The predicted molar refractivity (Wildman–Crippen MR) is 129 cm³/mol. The van der Waals surface area contributed by atoms with Gasteiger partial charge in [0.2, 0.25) is 0 Å². The molecule has 4 saturated carbocycles. The molecule has 0 saturated heterocycles. The standard InChI is InChI=1S/C30H50/c1-25(2)16-17-27(5)18-19-29(7)22-10-11-23-26(3,4)13-9-14-28(23,6)21(22)12-15-30(29,8)24(27)20-25/h10,21,23-24H,9,11-20H2,1-8H3. The molecule has 5 aliphatic rings. The van der Waals surface area contributed by atoms with Crippen molar-refractivity contribution >= 4 is 0 Å². The number of allylic oxidation sites excluding steroid dienone is 2. The van der Waals surface area contributed by atoms with Crippen molar-refractivity contribution in [3.63, 3.8) is 0 Å². The van der Waals surface area contributed by atoms with Gasteiger partial charge in [-0.3, -0.25) is 0 Å². The molecule has 4 fully saturated rings. The van der Waals surface area contributed by atoms with E-state index >= 15 is 0 Å². The Labute approximate surface area is 188 Å². The SMILES string of the molecule is CC1(C)CCC2(C)CCC3(C)C4=CCC5C(C)(C)CCCC5(C)C4CCC3(C)C2C1. The molecule has 5 aliphatic carbocycles. The van der Waals surface area contributed by atoms with Crippen LogP contribution in [0.5, 0.6) is 0 Å². The molecule has 0 aromatic heterocycles. The highest BCUT2D eigenvalue weighted by Crippen LogP contribution is 2.75. The Kier molecular flexibility index (Phi) is 4.46. The lowest BCUT2D eigenvalue weighted by atomic mass is 9.34. The topological polar surface area (TPSA) is 0 Å². The normalized spacial score (nSPS) is 54.1. The highest BCUT2D eigenvalue weighted by atomic mass is 14.7. The van der Waals surface area contributed by atoms with Gasteiger partial charge in [-0.1, -0.05) is 73.5 Å². The molecule has 0 amide bonds. The van der Waals surface area contributed by atoms with Gasteiger partial charge in [-0.25, -0.2) is 0 Å². The minimum atomic E-state index is 0.434. The van der Waals surface area contributed by atoms with E-state index in [1.54, 1.807) is 0 Å². The zero-order chi connectivity index (χ0) is 21.8. The lowest BCUT2D eigenvalue weighted by Gasteiger charge is -2.71. The lowest BCUT2D eigenvalue weighted by molar-refractivity contribution is -0.170. The van der Waals surface area contributed by atoms with Gasteiger partial charge in [0.1, 0.15) is 0 Å². The maximum Gasteiger partial charge on any atom is -0.00566 e. The molecule has 170 valence electrons. The second-order valence-electron chi connectivity index (χ2n) is 15.2. The molecule has 0 aromatic rings. The van der Waals surface area contributed by atoms with E-state index in [0.717, 1.165) is 17.8 Å². The molecule has 0 aromatic carbocycles. The van der Waals surface area contributed by atoms with Crippen molar-refractivity contribution in [2.75, 3.05) is 0 Å². The number of hydrogen-bond donors (Lipinski definition) is 0. The van der Waals surface area contributed by atoms with Crippen LogP contribution in [0.25, 0.3) is 0 Å². The van der Waals surface area contributed by atoms with Crippen LogP contribution in [0.3, 0.4) is 0 Å². The minimum absolute atomic E-state index is 0.434. The fourth-order valence-electron chi connectivity index (χ4n) is 10.6. The van der Waals surface area contributed by atoms with Gasteiger partial charge in [-0.15, -0.1) is 0 Å². The third-order valence-electron chi connectivity index (χ3n) is 12.8. The third-order valence-corrected chi connectivity index (χ3v) is 12.8. The number of hydrogen-bond acceptors (Lipinski definition) is 0. The molecule has 0 bridgehead atoms. The monoisotopic (exact) mass is 410 g/mol. The van der Waals surface area contributed by atoms with Crippen molar-refractivity contribution in [3.05, 3.63) is 11.6 Å². The summed E-state index contributed by atoms with van der Waals surface area (Å²) in [4.78, 5) is 0. The van der Waals surface area contributed by atoms with Gasteiger partial charge < -0.3 is 0 Å². The van der Waals surface area contributed by atoms with Crippen LogP contribution in [0.4, 0.5) is 0 Å². The summed E-state index contributed by atoms with van der Waals surface area (Å²) in [5.41, 5.74) is 5.06. The van der Waals surface area contributed by atoms with Crippen LogP contribution in [0, 0.1) is 50.2 Å². The molecule has 0 heteroatoms. The maximum atomic E-state index is 2.83. The van der Waals surface area contributed by atoms with Gasteiger partial charge in [-0.05, 0) is 114 Å². The fraction of sp³-hybridized carbons (Fsp3) is 0.933. The van der Waals surface area contributed by atoms with E-state index in [2.05, 4.69) is 61.5 Å². The highest BCUT2D eigenvalue weighted by Gasteiger charge is 2.66. The third kappa shape index (κ3) is 2.64. The van der Waals surface area contributed by atoms with Crippen LogP contribution >= 0.6 is 0 Å². The van der Waals surface area contributed by atoms with Gasteiger partial charge >= 0.3 is 0 Å². The molecule has 0 N–H and O–H groups in total. The Morgan fingerprint density at radius 2 is 1.43 bits per heavy atom. The molecule has 0 nitrogen and oxygen atoms in total. The van der Waals surface area contributed by atoms with Crippen molar-refractivity contribution < 1.29 is 0 Å². The van der Waals surface area contributed by atoms with E-state index in [9.17, 15) is 0 Å². The Balaban J connectivity index is 1.57. The average molecular weight is 411 g/mol. The summed E-state index contributed by atoms with van der Waals surface area (Å²) in [6.45, 7) is 21.2. The smallest absolute Gasteiger partial charge is 0.00566 e. The minimum Gasteiger partial charge on any atom is -0.0841 e. The van der Waals surface area contributed by atoms with Crippen LogP contribution in [-0.4, -0.2) is 0 Å². The summed E-state index contributed by atoms with van der Waals surface area (Å²) in [7, 11) is 0. The molecule has 0 heterocycles. The van der Waals surface area contributed by atoms with Crippen molar-refractivity contribution in [2.24, 2.45) is 50.2 Å². The van der Waals surface area contributed by atoms with Gasteiger partial charge in [-0.2, -0.15) is 0 Å². The van der Waals surface area contributed by atoms with E-state index in [1.807, 2.05) is 5.57 Å². The van der Waals surface area contributed by atoms with Crippen LogP contribution < -0.4 is 0 Å². The molecule has 30 heavy (non-hydrogen) atoms. The Morgan fingerprint density at radius 1 is 0.733 bits per heavy atom. The summed E-state index contributed by atoms with van der Waals surface area (Å²) < 4.78 is 0. The summed E-state index contributed by atoms with van der Waals surface area (Å²) in [6, 6.07) is 0. The van der Waals surface area contributed by atoms with Gasteiger partial charge in [0.05, 0.1) is 0 Å². The largest absolute Gasteiger partial charge is 0.0841 e. The Bertz CT molecular complexity index is 754. The first-order valence-corrected chi connectivity index (χ1v) is 13.5. The van der Waals surface area contributed by atoms with Crippen LogP contribution in [0.15, 0.2) is 11.6 Å². The molecule has 5 rings (SSSR count). The first-order chi connectivity index (χ1) is 13.8. The first kappa shape index (κ1) is 21.6. The van der Waals surface area contributed by atoms with Crippen LogP contribution in [0.2, 0.25) is 0 Å². The zero-order valence-electron chi connectivity index (χ0n) is 21.6. The number of fused-ring (bicyclic) bond motifs is 7. The molecule has 0 radical (unpaired) electrons. The maximum absolute atomic E-state index is 2.83. The zero-order valence-corrected chi connectivity index (χ0v) is 21.6. The highest BCUT2D eigenvalue weighted by molar-refractivity contribution is 5.33. The Morgan fingerprint density at radius 3 is 2.17 bits per heavy atom. The summed E-state index contributed by atoms with van der Waals surface area (Å²) in [5.74, 6) is 2.65. The first-order valence-electron chi connectivity index (χ1n) is 13.5. The molecular formula is C30H50. The Hall–Kier alpha value is -0.260. The molecule has 0 aliphatic heterocycles. The van der Waals surface area contributed by atoms with E-state index in [1.165, 1.54) is 70.6 Å². The molecule has 7 unspecified atom stereocenters. The van der Waals surface area contributed by atoms with Gasteiger partial charge in [0.15, 0.2) is 0 Å². The molecule has 7 atom stereocenters. The summed E-state index contributed by atoms with van der Waals surface area (Å²) in [6.07, 6.45) is 18.8. The van der Waals surface area contributed by atoms with Crippen molar-refractivity contribution in [3.8, 4) is 0 Å². The van der Waals surface area contributed by atoms with E-state index in [4.69, 9.17) is 0 Å². The fourth-order valence-corrected chi connectivity index (χ4v) is 10.6. The quantitative estimate of drug-likeness (QED) is 0.349. The van der Waals surface area contributed by atoms with Gasteiger partial charge in [0.25, 0.3) is 0 Å². The lowest BCUT2D eigenvalue weighted by Crippen LogP contribution is -2.62. The van der Waals surface area contributed by atoms with Crippen LogP contribution in [-0.2, 0) is 0 Å². The van der Waals surface area contributed by atoms with Crippen molar-refractivity contribution in [1.82, 2.24) is 0 Å². The average Bonchev–Trinajstić information content (AvgIpc) is 2.64. The summed E-state index contributed by atoms with van der Waals surface area (Å²) >= 11 is 0. The number of rotatable bonds is 0. The van der Waals surface area contributed by atoms with Crippen molar-refractivity contribution in [1.29, 1.82) is 0 Å². The van der Waals surface area contributed by atoms with E-state index < -0.39 is 0 Å². The van der Waals surface area contributed by atoms with Gasteiger partial charge in [0, 0.05) is 0 Å². The van der Waals surface area contributed by atoms with E-state index in [0.29, 0.717) is 32.5 Å². The second kappa shape index (κ2) is 6.20. The summed E-state index contributed by atoms with van der Waals surface area (Å²) in [5, 5.41) is 0. The molecular weight excluding hydrogens is 360 g/mol. The van der Waals surface area contributed by atoms with Crippen LogP contribution in [0.1, 0.15) is 126 Å². The molecule has 0 spiro atoms. The second-order valence-corrected chi connectivity index (χ2v) is 15.2. The predicted octanol–water partition coefficient (Wildman–Crippen LogP) is 9.20. The van der Waals surface area contributed by atoms with Crippen molar-refractivity contribution in [2.45, 2.75) is 126 Å².